The van der Waals surface area contributed by atoms with Crippen LogP contribution >= 0.6 is 0 Å². The maximum Gasteiger partial charge on any atom is 0.238 e. The fourth-order valence-corrected chi connectivity index (χ4v) is 2.07. The minimum absolute atomic E-state index is 0.122. The van der Waals surface area contributed by atoms with E-state index in [1.807, 2.05) is 0 Å². The van der Waals surface area contributed by atoms with E-state index in [-0.39, 0.29) is 17.7 Å². The van der Waals surface area contributed by atoms with Gasteiger partial charge in [0, 0.05) is 30.9 Å². The summed E-state index contributed by atoms with van der Waals surface area (Å²) in [6.07, 6.45) is 1.23. The van der Waals surface area contributed by atoms with E-state index in [1.165, 1.54) is 6.20 Å². The molecule has 5 nitrogen and oxygen atoms in total. The van der Waals surface area contributed by atoms with Crippen molar-refractivity contribution < 1.29 is 13.9 Å². The number of halogens is 1. The quantitative estimate of drug-likeness (QED) is 0.929. The molecule has 1 saturated heterocycles. The highest BCUT2D eigenvalue weighted by atomic mass is 19.1. The van der Waals surface area contributed by atoms with Crippen molar-refractivity contribution in [2.24, 2.45) is 0 Å². The first-order valence-corrected chi connectivity index (χ1v) is 6.41. The first-order valence-electron chi connectivity index (χ1n) is 6.41. The third kappa shape index (κ3) is 2.76. The number of benzene rings is 1. The van der Waals surface area contributed by atoms with Gasteiger partial charge in [0.1, 0.15) is 0 Å². The van der Waals surface area contributed by atoms with Gasteiger partial charge in [-0.05, 0) is 12.1 Å². The predicted molar refractivity (Wildman–Crippen MR) is 70.1 cm³/mol. The second-order valence-electron chi connectivity index (χ2n) is 4.39. The molecule has 0 saturated carbocycles. The minimum Gasteiger partial charge on any atom is -0.434 e. The van der Waals surface area contributed by atoms with Crippen molar-refractivity contribution in [3.05, 3.63) is 47.9 Å². The zero-order valence-electron chi connectivity index (χ0n) is 10.8. The molecule has 0 aliphatic carbocycles. The Kier molecular flexibility index (Phi) is 3.85. The van der Waals surface area contributed by atoms with Gasteiger partial charge in [0.2, 0.25) is 5.88 Å². The van der Waals surface area contributed by atoms with E-state index in [0.29, 0.717) is 18.7 Å². The second-order valence-corrected chi connectivity index (χ2v) is 4.39. The molecule has 0 bridgehead atoms. The van der Waals surface area contributed by atoms with Crippen LogP contribution in [0.25, 0.3) is 0 Å². The number of aromatic nitrogens is 2. The Morgan fingerprint density at radius 2 is 2.25 bits per heavy atom. The van der Waals surface area contributed by atoms with Crippen molar-refractivity contribution in [2.75, 3.05) is 19.7 Å². The molecule has 1 atom stereocenters. The van der Waals surface area contributed by atoms with Gasteiger partial charge < -0.3 is 14.8 Å². The van der Waals surface area contributed by atoms with E-state index in [1.54, 1.807) is 30.3 Å². The van der Waals surface area contributed by atoms with Crippen LogP contribution in [-0.4, -0.2) is 29.9 Å². The molecule has 0 radical (unpaired) electrons. The maximum absolute atomic E-state index is 14.5. The van der Waals surface area contributed by atoms with Gasteiger partial charge >= 0.3 is 0 Å². The molecule has 1 fully saturated rings. The lowest BCUT2D eigenvalue weighted by Gasteiger charge is -2.24. The van der Waals surface area contributed by atoms with Gasteiger partial charge in [0.15, 0.2) is 11.6 Å². The van der Waals surface area contributed by atoms with Crippen LogP contribution in [0.1, 0.15) is 11.7 Å². The first kappa shape index (κ1) is 13.0. The number of hydrogen-bond donors (Lipinski definition) is 1. The van der Waals surface area contributed by atoms with E-state index >= 15 is 0 Å². The molecule has 1 aromatic carbocycles. The summed E-state index contributed by atoms with van der Waals surface area (Å²) in [5, 5.41) is 10.6. The Labute approximate surface area is 115 Å². The van der Waals surface area contributed by atoms with Crippen LogP contribution < -0.4 is 10.1 Å². The molecular weight excluding hydrogens is 261 g/mol. The molecule has 1 N–H and O–H groups in total. The number of ether oxygens (including phenoxy) is 2. The molecule has 2 heterocycles. The number of nitrogens with one attached hydrogen (secondary N) is 1. The number of morpholine rings is 1. The Morgan fingerprint density at radius 3 is 3.00 bits per heavy atom. The normalized spacial score (nSPS) is 18.8. The van der Waals surface area contributed by atoms with Gasteiger partial charge in [-0.2, -0.15) is 5.10 Å². The fraction of sp³-hybridized carbons (Fsp3) is 0.286. The summed E-state index contributed by atoms with van der Waals surface area (Å²) in [7, 11) is 0. The zero-order chi connectivity index (χ0) is 13.8. The predicted octanol–water partition coefficient (Wildman–Crippen LogP) is 2.07. The average molecular weight is 275 g/mol. The van der Waals surface area contributed by atoms with Crippen molar-refractivity contribution in [2.45, 2.75) is 6.10 Å². The van der Waals surface area contributed by atoms with Gasteiger partial charge in [-0.1, -0.05) is 12.1 Å². The Morgan fingerprint density at radius 1 is 1.30 bits per heavy atom. The number of nitrogens with zero attached hydrogens (tertiary/aromatic N) is 2. The average Bonchev–Trinajstić information content (AvgIpc) is 2.51. The van der Waals surface area contributed by atoms with E-state index in [0.717, 1.165) is 6.54 Å². The van der Waals surface area contributed by atoms with Gasteiger partial charge in [-0.15, -0.1) is 5.10 Å². The van der Waals surface area contributed by atoms with Crippen LogP contribution in [0.4, 0.5) is 4.39 Å². The SMILES string of the molecule is Fc1c(Oc2cccnn2)cccc1[C@@H]1CNCCO1. The highest BCUT2D eigenvalue weighted by Gasteiger charge is 2.21. The summed E-state index contributed by atoms with van der Waals surface area (Å²) in [6, 6.07) is 8.30. The number of hydrogen-bond acceptors (Lipinski definition) is 5. The van der Waals surface area contributed by atoms with Crippen molar-refractivity contribution in [3.8, 4) is 11.6 Å². The van der Waals surface area contributed by atoms with Gasteiger partial charge in [0.25, 0.3) is 0 Å². The molecule has 3 rings (SSSR count). The molecular formula is C14H14FN3O2. The third-order valence-corrected chi connectivity index (χ3v) is 3.03. The lowest BCUT2D eigenvalue weighted by Crippen LogP contribution is -2.33. The maximum atomic E-state index is 14.5. The smallest absolute Gasteiger partial charge is 0.238 e. The van der Waals surface area contributed by atoms with Crippen molar-refractivity contribution in [1.29, 1.82) is 0 Å². The monoisotopic (exact) mass is 275 g/mol. The van der Waals surface area contributed by atoms with Crippen molar-refractivity contribution in [1.82, 2.24) is 15.5 Å². The largest absolute Gasteiger partial charge is 0.434 e. The summed E-state index contributed by atoms with van der Waals surface area (Å²) in [6.45, 7) is 1.94. The molecule has 20 heavy (non-hydrogen) atoms. The second kappa shape index (κ2) is 5.94. The van der Waals surface area contributed by atoms with E-state index in [2.05, 4.69) is 15.5 Å². The summed E-state index contributed by atoms with van der Waals surface area (Å²) in [5.41, 5.74) is 0.485. The topological polar surface area (TPSA) is 56.3 Å². The van der Waals surface area contributed by atoms with Crippen LogP contribution in [0.5, 0.6) is 11.6 Å². The van der Waals surface area contributed by atoms with E-state index in [4.69, 9.17) is 9.47 Å². The third-order valence-electron chi connectivity index (χ3n) is 3.03. The molecule has 6 heteroatoms. The summed E-state index contributed by atoms with van der Waals surface area (Å²) >= 11 is 0. The summed E-state index contributed by atoms with van der Waals surface area (Å²) in [4.78, 5) is 0. The molecule has 2 aromatic rings. The van der Waals surface area contributed by atoms with Gasteiger partial charge in [-0.25, -0.2) is 4.39 Å². The standard InChI is InChI=1S/C14H14FN3O2/c15-14-10(12-9-16-7-8-19-12)3-1-4-11(14)20-13-5-2-6-17-18-13/h1-6,12,16H,7-9H2/t12-/m0/s1. The van der Waals surface area contributed by atoms with E-state index in [9.17, 15) is 4.39 Å². The first-order chi connectivity index (χ1) is 9.84. The highest BCUT2D eigenvalue weighted by molar-refractivity contribution is 5.35. The minimum atomic E-state index is -0.424. The Balaban J connectivity index is 1.85. The molecule has 0 unspecified atom stereocenters. The van der Waals surface area contributed by atoms with Crippen molar-refractivity contribution in [3.63, 3.8) is 0 Å². The summed E-state index contributed by atoms with van der Waals surface area (Å²) < 4.78 is 25.4. The molecule has 1 aromatic heterocycles. The van der Waals surface area contributed by atoms with Gasteiger partial charge in [-0.3, -0.25) is 0 Å². The molecule has 1 aliphatic rings. The highest BCUT2D eigenvalue weighted by Crippen LogP contribution is 2.30. The Hall–Kier alpha value is -2.05. The number of rotatable bonds is 3. The molecule has 0 amide bonds. The lowest BCUT2D eigenvalue weighted by molar-refractivity contribution is 0.0253. The molecule has 0 spiro atoms. The molecule has 104 valence electrons. The van der Waals surface area contributed by atoms with Gasteiger partial charge in [0.05, 0.1) is 12.7 Å². The zero-order valence-corrected chi connectivity index (χ0v) is 10.8. The van der Waals surface area contributed by atoms with Crippen molar-refractivity contribution >= 4 is 0 Å². The van der Waals surface area contributed by atoms with Crippen LogP contribution in [0.3, 0.4) is 0 Å². The fourth-order valence-electron chi connectivity index (χ4n) is 2.07. The lowest BCUT2D eigenvalue weighted by atomic mass is 10.1. The Bertz CT molecular complexity index is 574. The van der Waals surface area contributed by atoms with E-state index < -0.39 is 5.82 Å². The van der Waals surface area contributed by atoms with Crippen LogP contribution in [-0.2, 0) is 4.74 Å². The van der Waals surface area contributed by atoms with Crippen LogP contribution in [0.2, 0.25) is 0 Å². The van der Waals surface area contributed by atoms with Crippen LogP contribution in [0, 0.1) is 5.82 Å². The summed E-state index contributed by atoms with van der Waals surface area (Å²) in [5.74, 6) is -0.0461. The molecule has 1 aliphatic heterocycles. The van der Waals surface area contributed by atoms with Crippen LogP contribution in [0.15, 0.2) is 36.5 Å².